The van der Waals surface area contributed by atoms with Crippen molar-refractivity contribution in [2.24, 2.45) is 0 Å². The third kappa shape index (κ3) is 3.50. The van der Waals surface area contributed by atoms with Crippen molar-refractivity contribution in [2.45, 2.75) is 51.1 Å². The molecule has 170 valence electrons. The van der Waals surface area contributed by atoms with E-state index in [4.69, 9.17) is 4.74 Å². The van der Waals surface area contributed by atoms with Crippen LogP contribution in [-0.2, 0) is 9.59 Å². The smallest absolute Gasteiger partial charge is 0.295 e. The molecule has 0 radical (unpaired) electrons. The Morgan fingerprint density at radius 3 is 2.61 bits per heavy atom. The number of hydrogen-bond acceptors (Lipinski definition) is 4. The number of H-pyrrole nitrogens is 1. The first-order valence-electron chi connectivity index (χ1n) is 11.5. The van der Waals surface area contributed by atoms with Crippen molar-refractivity contribution in [3.05, 3.63) is 70.9 Å². The molecule has 2 N–H and O–H groups in total. The van der Waals surface area contributed by atoms with E-state index >= 15 is 0 Å². The van der Waals surface area contributed by atoms with Crippen LogP contribution < -0.4 is 4.74 Å². The van der Waals surface area contributed by atoms with E-state index in [-0.39, 0.29) is 17.4 Å². The topological polar surface area (TPSA) is 82.6 Å². The molecule has 1 aliphatic carbocycles. The summed E-state index contributed by atoms with van der Waals surface area (Å²) in [5.74, 6) is -0.913. The van der Waals surface area contributed by atoms with Crippen LogP contribution in [0.1, 0.15) is 54.8 Å². The number of benzene rings is 2. The molecule has 1 aromatic heterocycles. The van der Waals surface area contributed by atoms with Gasteiger partial charge >= 0.3 is 0 Å². The molecule has 1 saturated carbocycles. The number of fused-ring (bicyclic) bond motifs is 1. The van der Waals surface area contributed by atoms with Gasteiger partial charge in [0, 0.05) is 28.7 Å². The van der Waals surface area contributed by atoms with Crippen LogP contribution >= 0.6 is 0 Å². The van der Waals surface area contributed by atoms with Crippen LogP contribution in [-0.4, -0.2) is 39.8 Å². The maximum absolute atomic E-state index is 13.4. The highest BCUT2D eigenvalue weighted by Gasteiger charge is 2.49. The van der Waals surface area contributed by atoms with E-state index in [0.29, 0.717) is 11.3 Å². The highest BCUT2D eigenvalue weighted by molar-refractivity contribution is 6.46. The molecule has 0 bridgehead atoms. The third-order valence-corrected chi connectivity index (χ3v) is 6.97. The molecule has 3 aromatic rings. The molecule has 1 unspecified atom stereocenters. The summed E-state index contributed by atoms with van der Waals surface area (Å²) in [7, 11) is 1.53. The number of methoxy groups -OCH3 is 1. The number of amides is 1. The molecule has 1 amide bonds. The number of aliphatic hydroxyl groups is 1. The van der Waals surface area contributed by atoms with Gasteiger partial charge in [0.25, 0.3) is 11.7 Å². The fourth-order valence-corrected chi connectivity index (χ4v) is 5.36. The number of nitrogens with one attached hydrogen (secondary N) is 1. The molecule has 2 aromatic carbocycles. The van der Waals surface area contributed by atoms with Gasteiger partial charge in [-0.05, 0) is 38.0 Å². The summed E-state index contributed by atoms with van der Waals surface area (Å²) in [6.07, 6.45) is 6.77. The van der Waals surface area contributed by atoms with Crippen molar-refractivity contribution in [3.63, 3.8) is 0 Å². The number of para-hydroxylation sites is 1. The minimum atomic E-state index is -0.658. The Labute approximate surface area is 192 Å². The number of Topliss-reactive ketones (excluding diaryl/α,β-unsaturated/α-hetero) is 1. The highest BCUT2D eigenvalue weighted by Crippen LogP contribution is 2.45. The maximum atomic E-state index is 13.4. The first kappa shape index (κ1) is 21.3. The number of aliphatic hydroxyl groups excluding tert-OH is 1. The Morgan fingerprint density at radius 1 is 1.09 bits per heavy atom. The molecule has 2 aliphatic rings. The van der Waals surface area contributed by atoms with Crippen molar-refractivity contribution in [1.82, 2.24) is 9.88 Å². The van der Waals surface area contributed by atoms with Crippen LogP contribution in [0.15, 0.2) is 54.2 Å². The van der Waals surface area contributed by atoms with E-state index in [1.807, 2.05) is 43.5 Å². The molecule has 6 heteroatoms. The lowest BCUT2D eigenvalue weighted by molar-refractivity contribution is -0.141. The Hall–Kier alpha value is -3.54. The maximum Gasteiger partial charge on any atom is 0.295 e. The Morgan fingerprint density at radius 2 is 1.85 bits per heavy atom. The Balaban J connectivity index is 1.75. The summed E-state index contributed by atoms with van der Waals surface area (Å²) >= 11 is 0. The van der Waals surface area contributed by atoms with Crippen molar-refractivity contribution in [1.29, 1.82) is 0 Å². The summed E-state index contributed by atoms with van der Waals surface area (Å²) in [6, 6.07) is 12.6. The lowest BCUT2D eigenvalue weighted by Crippen LogP contribution is -2.40. The number of nitrogens with zero attached hydrogens (tertiary/aromatic N) is 1. The quantitative estimate of drug-likeness (QED) is 0.328. The van der Waals surface area contributed by atoms with Gasteiger partial charge in [0.1, 0.15) is 11.5 Å². The second-order valence-electron chi connectivity index (χ2n) is 8.99. The molecule has 0 spiro atoms. The van der Waals surface area contributed by atoms with Gasteiger partial charge in [-0.2, -0.15) is 0 Å². The van der Waals surface area contributed by atoms with Crippen LogP contribution in [0.4, 0.5) is 0 Å². The number of ketones is 1. The molecule has 6 nitrogen and oxygen atoms in total. The Bertz CT molecular complexity index is 1270. The third-order valence-electron chi connectivity index (χ3n) is 6.97. The number of carbonyl (C=O) groups excluding carboxylic acids is 2. The predicted octanol–water partition coefficient (Wildman–Crippen LogP) is 5.24. The van der Waals surface area contributed by atoms with E-state index in [9.17, 15) is 14.7 Å². The molecule has 2 heterocycles. The van der Waals surface area contributed by atoms with E-state index in [0.717, 1.165) is 54.1 Å². The van der Waals surface area contributed by atoms with Crippen LogP contribution in [0.25, 0.3) is 16.7 Å². The number of hydrogen-bond donors (Lipinski definition) is 2. The minimum Gasteiger partial charge on any atom is -0.507 e. The number of aromatic nitrogens is 1. The van der Waals surface area contributed by atoms with Gasteiger partial charge in [0.2, 0.25) is 0 Å². The lowest BCUT2D eigenvalue weighted by Gasteiger charge is -2.35. The van der Waals surface area contributed by atoms with Gasteiger partial charge < -0.3 is 19.7 Å². The van der Waals surface area contributed by atoms with E-state index in [2.05, 4.69) is 4.98 Å². The lowest BCUT2D eigenvalue weighted by atomic mass is 9.90. The van der Waals surface area contributed by atoms with Crippen molar-refractivity contribution < 1.29 is 19.4 Å². The van der Waals surface area contributed by atoms with Crippen LogP contribution in [0.2, 0.25) is 0 Å². The van der Waals surface area contributed by atoms with Gasteiger partial charge in [-0.1, -0.05) is 49.1 Å². The van der Waals surface area contributed by atoms with E-state index in [1.165, 1.54) is 7.11 Å². The largest absolute Gasteiger partial charge is 0.507 e. The van der Waals surface area contributed by atoms with Crippen LogP contribution in [0.3, 0.4) is 0 Å². The molecular formula is C27H28N2O4. The van der Waals surface area contributed by atoms with Crippen LogP contribution in [0.5, 0.6) is 5.75 Å². The number of carbonyl (C=O) groups is 2. The fourth-order valence-electron chi connectivity index (χ4n) is 5.36. The number of aromatic amines is 1. The van der Waals surface area contributed by atoms with Gasteiger partial charge in [-0.15, -0.1) is 0 Å². The van der Waals surface area contributed by atoms with E-state index < -0.39 is 17.7 Å². The summed E-state index contributed by atoms with van der Waals surface area (Å²) in [5, 5.41) is 12.4. The second-order valence-corrected chi connectivity index (χ2v) is 8.99. The zero-order valence-electron chi connectivity index (χ0n) is 18.9. The highest BCUT2D eigenvalue weighted by atomic mass is 16.5. The predicted molar refractivity (Wildman–Crippen MR) is 127 cm³/mol. The molecular weight excluding hydrogens is 416 g/mol. The first-order valence-corrected chi connectivity index (χ1v) is 11.5. The van der Waals surface area contributed by atoms with Crippen molar-refractivity contribution in [2.75, 3.05) is 7.11 Å². The normalized spacial score (nSPS) is 21.2. The summed E-state index contributed by atoms with van der Waals surface area (Å²) in [4.78, 5) is 31.8. The second kappa shape index (κ2) is 8.43. The zero-order chi connectivity index (χ0) is 23.1. The van der Waals surface area contributed by atoms with Crippen molar-refractivity contribution in [3.8, 4) is 5.75 Å². The average Bonchev–Trinajstić information content (AvgIpc) is 3.37. The minimum absolute atomic E-state index is 0.0291. The molecule has 1 atom stereocenters. The number of likely N-dealkylation sites (tertiary alicyclic amines) is 1. The number of aryl methyl sites for hydroxylation is 1. The molecule has 1 aliphatic heterocycles. The number of rotatable bonds is 4. The fraction of sp³-hybridized carbons (Fsp3) is 0.333. The average molecular weight is 445 g/mol. The standard InChI is InChI=1S/C27H28N2O4/c1-16-12-13-22(33-2)19(14-16)25(30)23-24(20-15-28-21-11-7-6-10-18(20)21)29(27(32)26(23)31)17-8-4-3-5-9-17/h6-7,10-15,17,24,28,30H,3-5,8-9H2,1-2H3/b25-23+. The molecule has 33 heavy (non-hydrogen) atoms. The summed E-state index contributed by atoms with van der Waals surface area (Å²) in [5.41, 5.74) is 3.21. The van der Waals surface area contributed by atoms with E-state index in [1.54, 1.807) is 17.0 Å². The summed E-state index contributed by atoms with van der Waals surface area (Å²) in [6.45, 7) is 1.91. The number of ether oxygens (including phenoxy) is 1. The SMILES string of the molecule is COc1ccc(C)cc1/C(O)=C1\C(=O)C(=O)N(C2CCCCC2)C1c1c[nH]c2ccccc12. The van der Waals surface area contributed by atoms with Gasteiger partial charge in [-0.3, -0.25) is 9.59 Å². The van der Waals surface area contributed by atoms with Gasteiger partial charge in [0.15, 0.2) is 0 Å². The van der Waals surface area contributed by atoms with Gasteiger partial charge in [-0.25, -0.2) is 0 Å². The van der Waals surface area contributed by atoms with Crippen LogP contribution in [0, 0.1) is 6.92 Å². The molecule has 1 saturated heterocycles. The Kier molecular flexibility index (Phi) is 5.44. The summed E-state index contributed by atoms with van der Waals surface area (Å²) < 4.78 is 5.47. The van der Waals surface area contributed by atoms with Gasteiger partial charge in [0.05, 0.1) is 24.3 Å². The molecule has 2 fully saturated rings. The van der Waals surface area contributed by atoms with Crippen molar-refractivity contribution >= 4 is 28.4 Å². The molecule has 5 rings (SSSR count). The first-order chi connectivity index (χ1) is 16.0. The zero-order valence-corrected chi connectivity index (χ0v) is 18.9. The monoisotopic (exact) mass is 444 g/mol.